The van der Waals surface area contributed by atoms with Crippen LogP contribution in [0.5, 0.6) is 0 Å². The summed E-state index contributed by atoms with van der Waals surface area (Å²) in [5.41, 5.74) is 0. The lowest BCUT2D eigenvalue weighted by Crippen LogP contribution is -2.60. The standard InChI is InChI=1S/C65H121NO8/c1-3-5-7-9-11-13-15-17-19-20-21-22-23-24-25-26-27-28-29-30-31-32-33-34-35-36-37-38-39-40-41-43-45-47-49-51-53-55-61(69)66-58(57-73-65-64(72)63(71)62(70)60(56-67)74-65)59(68)54-52-50-48-46-44-42-18-16-14-12-10-8-6-4-2/h14,16,28-29,44,46,52,54,58-60,62-65,67-68,70-72H,3-13,15,17-27,30-43,45,47-51,53,55-57H2,1-2H3,(H,66,69)/b16-14+,29-28-,46-44+,54-52+. The van der Waals surface area contributed by atoms with Crippen LogP contribution in [0, 0.1) is 0 Å². The lowest BCUT2D eigenvalue weighted by molar-refractivity contribution is -0.302. The molecule has 1 rings (SSSR count). The fourth-order valence-corrected chi connectivity index (χ4v) is 10.1. The Kier molecular flexibility index (Phi) is 51.7. The molecule has 74 heavy (non-hydrogen) atoms. The second-order valence-corrected chi connectivity index (χ2v) is 22.2. The predicted molar refractivity (Wildman–Crippen MR) is 313 cm³/mol. The van der Waals surface area contributed by atoms with Crippen LogP contribution in [0.4, 0.5) is 0 Å². The summed E-state index contributed by atoms with van der Waals surface area (Å²) in [4.78, 5) is 13.0. The third-order valence-electron chi connectivity index (χ3n) is 15.1. The molecule has 0 aromatic heterocycles. The number of aliphatic hydroxyl groups is 5. The van der Waals surface area contributed by atoms with Gasteiger partial charge in [-0.1, -0.05) is 274 Å². The van der Waals surface area contributed by atoms with Gasteiger partial charge >= 0.3 is 0 Å². The van der Waals surface area contributed by atoms with E-state index in [0.717, 1.165) is 51.4 Å². The van der Waals surface area contributed by atoms with Crippen molar-refractivity contribution in [3.63, 3.8) is 0 Å². The lowest BCUT2D eigenvalue weighted by atomic mass is 9.99. The van der Waals surface area contributed by atoms with Gasteiger partial charge in [-0.25, -0.2) is 0 Å². The van der Waals surface area contributed by atoms with E-state index in [-0.39, 0.29) is 12.5 Å². The molecule has 9 heteroatoms. The number of ether oxygens (including phenoxy) is 2. The first-order valence-corrected chi connectivity index (χ1v) is 31.9. The van der Waals surface area contributed by atoms with Crippen molar-refractivity contribution in [1.29, 1.82) is 0 Å². The number of amides is 1. The third-order valence-corrected chi connectivity index (χ3v) is 15.1. The molecular weight excluding hydrogens is 923 g/mol. The van der Waals surface area contributed by atoms with Gasteiger partial charge in [-0.05, 0) is 70.6 Å². The van der Waals surface area contributed by atoms with Crippen molar-refractivity contribution in [2.24, 2.45) is 0 Å². The Hall–Kier alpha value is -1.85. The Bertz CT molecular complexity index is 1300. The van der Waals surface area contributed by atoms with Crippen molar-refractivity contribution >= 4 is 5.91 Å². The molecule has 434 valence electrons. The normalized spacial score (nSPS) is 19.3. The summed E-state index contributed by atoms with van der Waals surface area (Å²) in [6.07, 6.45) is 66.5. The minimum absolute atomic E-state index is 0.188. The molecule has 1 fully saturated rings. The molecule has 1 amide bonds. The maximum atomic E-state index is 13.0. The molecule has 7 unspecified atom stereocenters. The van der Waals surface area contributed by atoms with Crippen LogP contribution in [0.2, 0.25) is 0 Å². The summed E-state index contributed by atoms with van der Waals surface area (Å²) in [6.45, 7) is 3.76. The number of nitrogens with one attached hydrogen (secondary N) is 1. The maximum Gasteiger partial charge on any atom is 0.220 e. The first kappa shape index (κ1) is 70.2. The molecule has 0 aromatic carbocycles. The first-order valence-electron chi connectivity index (χ1n) is 31.9. The highest BCUT2D eigenvalue weighted by atomic mass is 16.7. The summed E-state index contributed by atoms with van der Waals surface area (Å²) in [6, 6.07) is -0.827. The Morgan fingerprint density at radius 3 is 1.15 bits per heavy atom. The molecule has 9 nitrogen and oxygen atoms in total. The number of rotatable bonds is 55. The molecule has 0 radical (unpaired) electrons. The highest BCUT2D eigenvalue weighted by Gasteiger charge is 2.44. The molecule has 0 aromatic rings. The van der Waals surface area contributed by atoms with Crippen LogP contribution in [0.25, 0.3) is 0 Å². The molecule has 1 aliphatic heterocycles. The minimum Gasteiger partial charge on any atom is -0.394 e. The molecule has 0 aliphatic carbocycles. The zero-order chi connectivity index (χ0) is 53.6. The maximum absolute atomic E-state index is 13.0. The summed E-state index contributed by atoms with van der Waals surface area (Å²) >= 11 is 0. The van der Waals surface area contributed by atoms with Gasteiger partial charge in [0.05, 0.1) is 25.4 Å². The van der Waals surface area contributed by atoms with Crippen LogP contribution in [0.1, 0.15) is 303 Å². The second-order valence-electron chi connectivity index (χ2n) is 22.2. The van der Waals surface area contributed by atoms with E-state index in [1.807, 2.05) is 6.08 Å². The molecule has 7 atom stereocenters. The lowest BCUT2D eigenvalue weighted by Gasteiger charge is -2.40. The van der Waals surface area contributed by atoms with Crippen LogP contribution in [0.3, 0.4) is 0 Å². The number of unbranched alkanes of at least 4 members (excludes halogenated alkanes) is 39. The van der Waals surface area contributed by atoms with E-state index in [4.69, 9.17) is 9.47 Å². The number of hydrogen-bond donors (Lipinski definition) is 6. The predicted octanol–water partition coefficient (Wildman–Crippen LogP) is 16.5. The van der Waals surface area contributed by atoms with Crippen LogP contribution in [-0.2, 0) is 14.3 Å². The number of allylic oxidation sites excluding steroid dienone is 7. The number of hydrogen-bond acceptors (Lipinski definition) is 8. The fourth-order valence-electron chi connectivity index (χ4n) is 10.1. The molecule has 0 spiro atoms. The van der Waals surface area contributed by atoms with Crippen molar-refractivity contribution in [3.05, 3.63) is 48.6 Å². The van der Waals surface area contributed by atoms with Crippen molar-refractivity contribution in [1.82, 2.24) is 5.32 Å². The zero-order valence-corrected chi connectivity index (χ0v) is 48.4. The van der Waals surface area contributed by atoms with E-state index < -0.39 is 49.5 Å². The third kappa shape index (κ3) is 43.2. The van der Waals surface area contributed by atoms with Gasteiger partial charge in [0.15, 0.2) is 6.29 Å². The van der Waals surface area contributed by atoms with Crippen LogP contribution >= 0.6 is 0 Å². The molecule has 0 bridgehead atoms. The van der Waals surface area contributed by atoms with E-state index in [0.29, 0.717) is 6.42 Å². The van der Waals surface area contributed by atoms with Crippen LogP contribution in [0.15, 0.2) is 48.6 Å². The minimum atomic E-state index is -1.57. The SMILES string of the molecule is CCCCCC/C=C/CC/C=C/CC/C=C/C(O)C(COC1OC(CO)C(O)C(O)C1O)NC(=O)CCCCCCCCCCCCCCCCCCC/C=C\CCCCCCCCCCCCCCCCCC. The topological polar surface area (TPSA) is 149 Å². The van der Waals surface area contributed by atoms with E-state index in [1.54, 1.807) is 6.08 Å². The number of carbonyl (C=O) groups excluding carboxylic acids is 1. The van der Waals surface area contributed by atoms with Gasteiger partial charge in [0, 0.05) is 6.42 Å². The van der Waals surface area contributed by atoms with Gasteiger partial charge in [-0.15, -0.1) is 0 Å². The molecule has 1 aliphatic rings. The Morgan fingerprint density at radius 1 is 0.446 bits per heavy atom. The van der Waals surface area contributed by atoms with Gasteiger partial charge in [0.25, 0.3) is 0 Å². The zero-order valence-electron chi connectivity index (χ0n) is 48.4. The summed E-state index contributed by atoms with van der Waals surface area (Å²) < 4.78 is 11.2. The summed E-state index contributed by atoms with van der Waals surface area (Å²) in [7, 11) is 0. The van der Waals surface area contributed by atoms with Crippen molar-refractivity contribution in [2.45, 2.75) is 346 Å². The highest BCUT2D eigenvalue weighted by Crippen LogP contribution is 2.23. The van der Waals surface area contributed by atoms with Gasteiger partial charge in [0.2, 0.25) is 5.91 Å². The van der Waals surface area contributed by atoms with Crippen molar-refractivity contribution < 1.29 is 39.8 Å². The fraction of sp³-hybridized carbons (Fsp3) is 0.862. The highest BCUT2D eigenvalue weighted by molar-refractivity contribution is 5.76. The van der Waals surface area contributed by atoms with E-state index in [9.17, 15) is 30.3 Å². The summed E-state index contributed by atoms with van der Waals surface area (Å²) in [5, 5.41) is 54.4. The molecule has 6 N–H and O–H groups in total. The second kappa shape index (κ2) is 54.5. The monoisotopic (exact) mass is 1040 g/mol. The number of carbonyl (C=O) groups is 1. The van der Waals surface area contributed by atoms with Gasteiger partial charge in [-0.2, -0.15) is 0 Å². The van der Waals surface area contributed by atoms with Gasteiger partial charge in [0.1, 0.15) is 24.4 Å². The molecule has 0 saturated carbocycles. The Morgan fingerprint density at radius 2 is 0.770 bits per heavy atom. The van der Waals surface area contributed by atoms with E-state index in [1.165, 1.54) is 231 Å². The van der Waals surface area contributed by atoms with Gasteiger partial charge in [-0.3, -0.25) is 4.79 Å². The molecular formula is C65H121NO8. The smallest absolute Gasteiger partial charge is 0.220 e. The average Bonchev–Trinajstić information content (AvgIpc) is 3.40. The van der Waals surface area contributed by atoms with Crippen LogP contribution < -0.4 is 5.32 Å². The quantitative estimate of drug-likeness (QED) is 0.0261. The Balaban J connectivity index is 2.07. The van der Waals surface area contributed by atoms with E-state index >= 15 is 0 Å². The van der Waals surface area contributed by atoms with Crippen molar-refractivity contribution in [2.75, 3.05) is 13.2 Å². The van der Waals surface area contributed by atoms with Crippen LogP contribution in [-0.4, -0.2) is 87.5 Å². The van der Waals surface area contributed by atoms with Gasteiger partial charge < -0.3 is 40.3 Å². The number of aliphatic hydroxyl groups excluding tert-OH is 5. The van der Waals surface area contributed by atoms with Crippen molar-refractivity contribution in [3.8, 4) is 0 Å². The largest absolute Gasteiger partial charge is 0.394 e. The first-order chi connectivity index (χ1) is 36.3. The molecule has 1 heterocycles. The molecule has 1 saturated heterocycles. The van der Waals surface area contributed by atoms with E-state index in [2.05, 4.69) is 55.6 Å². The Labute approximate surface area is 456 Å². The summed E-state index contributed by atoms with van der Waals surface area (Å²) in [5.74, 6) is -0.188. The average molecular weight is 1040 g/mol.